The van der Waals surface area contributed by atoms with Gasteiger partial charge in [0.2, 0.25) is 0 Å². The zero-order chi connectivity index (χ0) is 14.7. The monoisotopic (exact) mass is 285 g/mol. The van der Waals surface area contributed by atoms with Crippen LogP contribution in [0.25, 0.3) is 11.2 Å². The van der Waals surface area contributed by atoms with Gasteiger partial charge in [0.1, 0.15) is 18.2 Å². The minimum Gasteiger partial charge on any atom is -0.487 e. The normalized spacial score (nSPS) is 12.3. The summed E-state index contributed by atoms with van der Waals surface area (Å²) in [6.07, 6.45) is 4.79. The van der Waals surface area contributed by atoms with Crippen LogP contribution < -0.4 is 10.1 Å². The second kappa shape index (κ2) is 5.74. The van der Waals surface area contributed by atoms with E-state index < -0.39 is 0 Å². The molecule has 1 N–H and O–H groups in total. The molecule has 0 saturated carbocycles. The highest BCUT2D eigenvalue weighted by atomic mass is 16.5. The third kappa shape index (κ3) is 3.07. The summed E-state index contributed by atoms with van der Waals surface area (Å²) in [4.78, 5) is 16.5. The van der Waals surface area contributed by atoms with Crippen molar-refractivity contribution in [3.05, 3.63) is 36.7 Å². The maximum absolute atomic E-state index is 5.74. The van der Waals surface area contributed by atoms with Crippen molar-refractivity contribution in [3.8, 4) is 5.75 Å². The van der Waals surface area contributed by atoms with Gasteiger partial charge in [-0.05, 0) is 19.1 Å². The van der Waals surface area contributed by atoms with Crippen molar-refractivity contribution in [3.63, 3.8) is 0 Å². The Labute approximate surface area is 121 Å². The molecule has 7 nitrogen and oxygen atoms in total. The standard InChI is InChI=1S/C14H15N5O2/c1-9(20-11-4-3-5-15-7-11)6-16-13-12-14(18-8-17-13)21-10(2)19-12/h3-5,7-9H,6H2,1-2H3,(H,16,17,18). The van der Waals surface area contributed by atoms with Gasteiger partial charge in [-0.3, -0.25) is 4.98 Å². The molecule has 108 valence electrons. The van der Waals surface area contributed by atoms with Crippen LogP contribution in [-0.2, 0) is 0 Å². The molecule has 0 aliphatic rings. The van der Waals surface area contributed by atoms with Gasteiger partial charge in [-0.1, -0.05) is 0 Å². The van der Waals surface area contributed by atoms with Gasteiger partial charge in [0.05, 0.1) is 12.7 Å². The number of pyridine rings is 1. The Balaban J connectivity index is 1.66. The molecule has 0 spiro atoms. The van der Waals surface area contributed by atoms with Crippen LogP contribution in [0.5, 0.6) is 5.75 Å². The number of oxazole rings is 1. The summed E-state index contributed by atoms with van der Waals surface area (Å²) in [5.74, 6) is 1.93. The lowest BCUT2D eigenvalue weighted by atomic mass is 10.3. The van der Waals surface area contributed by atoms with Crippen molar-refractivity contribution < 1.29 is 9.15 Å². The van der Waals surface area contributed by atoms with Gasteiger partial charge in [-0.15, -0.1) is 0 Å². The number of hydrogen-bond acceptors (Lipinski definition) is 7. The van der Waals surface area contributed by atoms with Crippen molar-refractivity contribution in [1.29, 1.82) is 0 Å². The van der Waals surface area contributed by atoms with Crippen LogP contribution in [0.15, 0.2) is 35.3 Å². The molecule has 0 radical (unpaired) electrons. The van der Waals surface area contributed by atoms with Gasteiger partial charge < -0.3 is 14.5 Å². The SMILES string of the molecule is Cc1nc2c(NCC(C)Oc3cccnc3)ncnc2o1. The van der Waals surface area contributed by atoms with E-state index in [1.807, 2.05) is 19.1 Å². The molecule has 0 aliphatic heterocycles. The highest BCUT2D eigenvalue weighted by Gasteiger charge is 2.11. The molecule has 21 heavy (non-hydrogen) atoms. The molecule has 0 bridgehead atoms. The van der Waals surface area contributed by atoms with E-state index in [1.54, 1.807) is 19.3 Å². The second-order valence-electron chi connectivity index (χ2n) is 4.61. The van der Waals surface area contributed by atoms with Crippen molar-refractivity contribution in [2.45, 2.75) is 20.0 Å². The topological polar surface area (TPSA) is 86.0 Å². The molecule has 0 amide bonds. The smallest absolute Gasteiger partial charge is 0.252 e. The number of aromatic nitrogens is 4. The number of aryl methyl sites for hydroxylation is 1. The first-order valence-corrected chi connectivity index (χ1v) is 6.61. The minimum absolute atomic E-state index is 0.0489. The van der Waals surface area contributed by atoms with Crippen LogP contribution in [0.3, 0.4) is 0 Å². The molecule has 3 rings (SSSR count). The van der Waals surface area contributed by atoms with Gasteiger partial charge in [0, 0.05) is 13.1 Å². The predicted octanol–water partition coefficient (Wildman–Crippen LogP) is 2.20. The number of anilines is 1. The molecule has 3 heterocycles. The highest BCUT2D eigenvalue weighted by molar-refractivity contribution is 5.80. The Kier molecular flexibility index (Phi) is 3.63. The Morgan fingerprint density at radius 3 is 3.10 bits per heavy atom. The van der Waals surface area contributed by atoms with E-state index in [2.05, 4.69) is 25.3 Å². The maximum atomic E-state index is 5.74. The summed E-state index contributed by atoms with van der Waals surface area (Å²) in [6, 6.07) is 3.70. The third-order valence-electron chi connectivity index (χ3n) is 2.83. The Hall–Kier alpha value is -2.70. The Morgan fingerprint density at radius 1 is 1.38 bits per heavy atom. The molecule has 3 aromatic heterocycles. The fraction of sp³-hybridized carbons (Fsp3) is 0.286. The number of rotatable bonds is 5. The average molecular weight is 285 g/mol. The van der Waals surface area contributed by atoms with Crippen LogP contribution >= 0.6 is 0 Å². The predicted molar refractivity (Wildman–Crippen MR) is 77.2 cm³/mol. The van der Waals surface area contributed by atoms with Gasteiger partial charge in [-0.2, -0.15) is 4.98 Å². The molecular weight excluding hydrogens is 270 g/mol. The van der Waals surface area contributed by atoms with Crippen molar-refractivity contribution in [1.82, 2.24) is 19.9 Å². The summed E-state index contributed by atoms with van der Waals surface area (Å²) >= 11 is 0. The van der Waals surface area contributed by atoms with Crippen LogP contribution in [0.4, 0.5) is 5.82 Å². The molecule has 0 aromatic carbocycles. The van der Waals surface area contributed by atoms with Crippen molar-refractivity contribution in [2.24, 2.45) is 0 Å². The lowest BCUT2D eigenvalue weighted by molar-refractivity contribution is 0.234. The summed E-state index contributed by atoms with van der Waals surface area (Å²) < 4.78 is 11.1. The number of nitrogens with zero attached hydrogens (tertiary/aromatic N) is 4. The lowest BCUT2D eigenvalue weighted by Crippen LogP contribution is -2.23. The van der Waals surface area contributed by atoms with E-state index >= 15 is 0 Å². The summed E-state index contributed by atoms with van der Waals surface area (Å²) in [5.41, 5.74) is 1.11. The number of nitrogens with one attached hydrogen (secondary N) is 1. The van der Waals surface area contributed by atoms with E-state index in [9.17, 15) is 0 Å². The fourth-order valence-electron chi connectivity index (χ4n) is 1.92. The second-order valence-corrected chi connectivity index (χ2v) is 4.61. The van der Waals surface area contributed by atoms with Crippen molar-refractivity contribution in [2.75, 3.05) is 11.9 Å². The minimum atomic E-state index is -0.0489. The fourth-order valence-corrected chi connectivity index (χ4v) is 1.92. The first-order valence-electron chi connectivity index (χ1n) is 6.61. The van der Waals surface area contributed by atoms with E-state index in [4.69, 9.17) is 9.15 Å². The number of ether oxygens (including phenoxy) is 1. The van der Waals surface area contributed by atoms with Crippen LogP contribution in [0.1, 0.15) is 12.8 Å². The average Bonchev–Trinajstić information content (AvgIpc) is 2.87. The molecule has 0 saturated heterocycles. The van der Waals surface area contributed by atoms with Gasteiger partial charge >= 0.3 is 0 Å². The first-order chi connectivity index (χ1) is 10.2. The lowest BCUT2D eigenvalue weighted by Gasteiger charge is -2.15. The molecule has 1 atom stereocenters. The third-order valence-corrected chi connectivity index (χ3v) is 2.83. The summed E-state index contributed by atoms with van der Waals surface area (Å²) in [5, 5.41) is 3.20. The largest absolute Gasteiger partial charge is 0.487 e. The van der Waals surface area contributed by atoms with Crippen molar-refractivity contribution >= 4 is 17.0 Å². The zero-order valence-corrected chi connectivity index (χ0v) is 11.8. The van der Waals surface area contributed by atoms with Gasteiger partial charge in [0.25, 0.3) is 5.71 Å². The molecule has 3 aromatic rings. The van der Waals surface area contributed by atoms with E-state index in [1.165, 1.54) is 6.33 Å². The summed E-state index contributed by atoms with van der Waals surface area (Å²) in [6.45, 7) is 4.32. The molecule has 0 fully saturated rings. The first kappa shape index (κ1) is 13.3. The van der Waals surface area contributed by atoms with E-state index in [0.29, 0.717) is 29.5 Å². The molecular formula is C14H15N5O2. The zero-order valence-electron chi connectivity index (χ0n) is 11.8. The van der Waals surface area contributed by atoms with Gasteiger partial charge in [-0.25, -0.2) is 9.97 Å². The molecule has 1 unspecified atom stereocenters. The maximum Gasteiger partial charge on any atom is 0.252 e. The van der Waals surface area contributed by atoms with Crippen LogP contribution in [-0.4, -0.2) is 32.6 Å². The quantitative estimate of drug-likeness (QED) is 0.769. The Bertz CT molecular complexity index is 729. The van der Waals surface area contributed by atoms with Crippen LogP contribution in [0, 0.1) is 6.92 Å². The van der Waals surface area contributed by atoms with Gasteiger partial charge in [0.15, 0.2) is 17.2 Å². The number of hydrogen-bond donors (Lipinski definition) is 1. The molecule has 7 heteroatoms. The van der Waals surface area contributed by atoms with E-state index in [0.717, 1.165) is 5.75 Å². The number of fused-ring (bicyclic) bond motifs is 1. The summed E-state index contributed by atoms with van der Waals surface area (Å²) in [7, 11) is 0. The molecule has 0 aliphatic carbocycles. The van der Waals surface area contributed by atoms with E-state index in [-0.39, 0.29) is 6.10 Å². The highest BCUT2D eigenvalue weighted by Crippen LogP contribution is 2.19. The van der Waals surface area contributed by atoms with Crippen LogP contribution in [0.2, 0.25) is 0 Å². The Morgan fingerprint density at radius 2 is 2.29 bits per heavy atom.